The van der Waals surface area contributed by atoms with E-state index in [-0.39, 0.29) is 36.6 Å². The lowest BCUT2D eigenvalue weighted by Gasteiger charge is -2.33. The Hall–Kier alpha value is -2.86. The van der Waals surface area contributed by atoms with E-state index in [4.69, 9.17) is 16.3 Å². The smallest absolute Gasteiger partial charge is 0.257 e. The van der Waals surface area contributed by atoms with Gasteiger partial charge in [0.25, 0.3) is 5.91 Å². The summed E-state index contributed by atoms with van der Waals surface area (Å²) in [5.74, 6) is -0.205. The summed E-state index contributed by atoms with van der Waals surface area (Å²) in [6, 6.07) is 12.9. The second-order valence-electron chi connectivity index (χ2n) is 7.58. The van der Waals surface area contributed by atoms with Crippen LogP contribution in [0, 0.1) is 0 Å². The van der Waals surface area contributed by atoms with Crippen LogP contribution in [0.5, 0.6) is 5.75 Å². The molecule has 31 heavy (non-hydrogen) atoms. The van der Waals surface area contributed by atoms with E-state index in [2.05, 4.69) is 0 Å². The molecule has 1 saturated heterocycles. The number of carbonyl (C=O) groups is 3. The highest BCUT2D eigenvalue weighted by Gasteiger charge is 2.45. The van der Waals surface area contributed by atoms with Crippen molar-refractivity contribution >= 4 is 35.0 Å². The van der Waals surface area contributed by atoms with Crippen molar-refractivity contribution in [1.29, 1.82) is 0 Å². The van der Waals surface area contributed by atoms with Gasteiger partial charge in [0.1, 0.15) is 11.8 Å². The van der Waals surface area contributed by atoms with E-state index in [9.17, 15) is 14.4 Å². The Labute approximate surface area is 187 Å². The van der Waals surface area contributed by atoms with E-state index >= 15 is 0 Å². The number of hydrogen-bond donors (Lipinski definition) is 0. The van der Waals surface area contributed by atoms with Gasteiger partial charge in [-0.05, 0) is 62.2 Å². The van der Waals surface area contributed by atoms with E-state index in [0.717, 1.165) is 5.56 Å². The second kappa shape index (κ2) is 9.96. The fourth-order valence-corrected chi connectivity index (χ4v) is 3.88. The maximum Gasteiger partial charge on any atom is 0.257 e. The molecule has 3 rings (SSSR count). The van der Waals surface area contributed by atoms with Crippen molar-refractivity contribution in [3.05, 3.63) is 59.1 Å². The molecular weight excluding hydrogens is 416 g/mol. The van der Waals surface area contributed by atoms with Crippen LogP contribution in [0.1, 0.15) is 39.2 Å². The lowest BCUT2D eigenvalue weighted by Crippen LogP contribution is -2.50. The van der Waals surface area contributed by atoms with Crippen LogP contribution in [0.4, 0.5) is 5.69 Å². The van der Waals surface area contributed by atoms with Crippen molar-refractivity contribution in [3.63, 3.8) is 0 Å². The van der Waals surface area contributed by atoms with E-state index < -0.39 is 6.04 Å². The molecule has 6 nitrogen and oxygen atoms in total. The second-order valence-corrected chi connectivity index (χ2v) is 8.01. The van der Waals surface area contributed by atoms with Crippen molar-refractivity contribution in [2.45, 2.75) is 52.1 Å². The summed E-state index contributed by atoms with van der Waals surface area (Å²) in [5, 5.41) is 0.595. The van der Waals surface area contributed by atoms with Gasteiger partial charge in [-0.3, -0.25) is 14.4 Å². The summed E-state index contributed by atoms with van der Waals surface area (Å²) in [6.45, 7) is 6.27. The Morgan fingerprint density at radius 3 is 2.35 bits per heavy atom. The molecule has 0 spiro atoms. The van der Waals surface area contributed by atoms with Gasteiger partial charge in [-0.15, -0.1) is 0 Å². The normalized spacial score (nSPS) is 17.0. The SMILES string of the molecule is CCOc1ccc(N2C(=O)CC(N(C(=O)Cc3ccc(Cl)cc3)C(C)CC)C2=O)cc1. The molecule has 1 aliphatic heterocycles. The third kappa shape index (κ3) is 5.07. The molecule has 2 aromatic rings. The van der Waals surface area contributed by atoms with Crippen LogP contribution in [0.15, 0.2) is 48.5 Å². The number of nitrogens with zero attached hydrogens (tertiary/aromatic N) is 2. The van der Waals surface area contributed by atoms with Gasteiger partial charge >= 0.3 is 0 Å². The third-order valence-electron chi connectivity index (χ3n) is 5.49. The Balaban J connectivity index is 1.83. The van der Waals surface area contributed by atoms with Crippen LogP contribution < -0.4 is 9.64 Å². The maximum atomic E-state index is 13.3. The fourth-order valence-electron chi connectivity index (χ4n) is 3.75. The molecule has 2 unspecified atom stereocenters. The highest BCUT2D eigenvalue weighted by Crippen LogP contribution is 2.29. The number of hydrogen-bond acceptors (Lipinski definition) is 4. The highest BCUT2D eigenvalue weighted by molar-refractivity contribution is 6.30. The molecule has 164 valence electrons. The van der Waals surface area contributed by atoms with Crippen LogP contribution >= 0.6 is 11.6 Å². The van der Waals surface area contributed by atoms with Gasteiger partial charge < -0.3 is 9.64 Å². The molecule has 1 heterocycles. The summed E-state index contributed by atoms with van der Waals surface area (Å²) < 4.78 is 5.43. The molecule has 1 aliphatic rings. The molecule has 0 saturated carbocycles. The summed E-state index contributed by atoms with van der Waals surface area (Å²) in [5.41, 5.74) is 1.29. The summed E-state index contributed by atoms with van der Waals surface area (Å²) in [7, 11) is 0. The Morgan fingerprint density at radius 2 is 1.77 bits per heavy atom. The van der Waals surface area contributed by atoms with Crippen LogP contribution in [0.2, 0.25) is 5.02 Å². The Morgan fingerprint density at radius 1 is 1.13 bits per heavy atom. The number of benzene rings is 2. The van der Waals surface area contributed by atoms with Crippen LogP contribution in [0.25, 0.3) is 0 Å². The molecule has 0 bridgehead atoms. The van der Waals surface area contributed by atoms with Gasteiger partial charge in [0.15, 0.2) is 0 Å². The van der Waals surface area contributed by atoms with Gasteiger partial charge in [-0.25, -0.2) is 4.90 Å². The summed E-state index contributed by atoms with van der Waals surface area (Å²) >= 11 is 5.93. The van der Waals surface area contributed by atoms with E-state index in [0.29, 0.717) is 29.5 Å². The van der Waals surface area contributed by atoms with E-state index in [1.165, 1.54) is 4.90 Å². The molecule has 2 aromatic carbocycles. The first-order valence-electron chi connectivity index (χ1n) is 10.5. The molecule has 0 aromatic heterocycles. The van der Waals surface area contributed by atoms with Gasteiger partial charge in [-0.2, -0.15) is 0 Å². The minimum atomic E-state index is -0.811. The molecule has 3 amide bonds. The molecule has 2 atom stereocenters. The van der Waals surface area contributed by atoms with Gasteiger partial charge in [-0.1, -0.05) is 30.7 Å². The lowest BCUT2D eigenvalue weighted by atomic mass is 10.1. The average Bonchev–Trinajstić information content (AvgIpc) is 3.04. The number of ether oxygens (including phenoxy) is 1. The quantitative estimate of drug-likeness (QED) is 0.573. The first-order valence-corrected chi connectivity index (χ1v) is 10.9. The van der Waals surface area contributed by atoms with Gasteiger partial charge in [0.2, 0.25) is 11.8 Å². The first-order chi connectivity index (χ1) is 14.8. The minimum absolute atomic E-state index is 0.0251. The highest BCUT2D eigenvalue weighted by atomic mass is 35.5. The molecule has 7 heteroatoms. The number of imide groups is 1. The first kappa shape index (κ1) is 22.8. The van der Waals surface area contributed by atoms with Crippen molar-refractivity contribution in [2.24, 2.45) is 0 Å². The molecule has 1 fully saturated rings. The molecule has 0 radical (unpaired) electrons. The fraction of sp³-hybridized carbons (Fsp3) is 0.375. The zero-order valence-corrected chi connectivity index (χ0v) is 18.8. The number of anilines is 1. The van der Waals surface area contributed by atoms with Crippen molar-refractivity contribution < 1.29 is 19.1 Å². The minimum Gasteiger partial charge on any atom is -0.494 e. The maximum absolute atomic E-state index is 13.3. The zero-order chi connectivity index (χ0) is 22.5. The summed E-state index contributed by atoms with van der Waals surface area (Å²) in [6.07, 6.45) is 0.790. The number of carbonyl (C=O) groups excluding carboxylic acids is 3. The number of rotatable bonds is 8. The van der Waals surface area contributed by atoms with Crippen LogP contribution in [0.3, 0.4) is 0 Å². The third-order valence-corrected chi connectivity index (χ3v) is 5.74. The van der Waals surface area contributed by atoms with Gasteiger partial charge in [0, 0.05) is 11.1 Å². The molecule has 0 aliphatic carbocycles. The topological polar surface area (TPSA) is 66.9 Å². The molecular formula is C24H27ClN2O4. The standard InChI is InChI=1S/C24H27ClN2O4/c1-4-16(3)26(22(28)14-17-6-8-18(25)9-7-17)21-15-23(29)27(24(21)30)19-10-12-20(13-11-19)31-5-2/h6-13,16,21H,4-5,14-15H2,1-3H3. The van der Waals surface area contributed by atoms with Crippen molar-refractivity contribution in [2.75, 3.05) is 11.5 Å². The van der Waals surface area contributed by atoms with Crippen LogP contribution in [-0.4, -0.2) is 41.3 Å². The summed E-state index contributed by atoms with van der Waals surface area (Å²) in [4.78, 5) is 42.0. The van der Waals surface area contributed by atoms with Crippen molar-refractivity contribution in [3.8, 4) is 5.75 Å². The Bertz CT molecular complexity index is 943. The number of halogens is 1. The van der Waals surface area contributed by atoms with Gasteiger partial charge in [0.05, 0.1) is 25.1 Å². The van der Waals surface area contributed by atoms with Crippen molar-refractivity contribution in [1.82, 2.24) is 4.90 Å². The molecule has 0 N–H and O–H groups in total. The Kier molecular flexibility index (Phi) is 7.33. The average molecular weight is 443 g/mol. The monoisotopic (exact) mass is 442 g/mol. The zero-order valence-electron chi connectivity index (χ0n) is 18.0. The largest absolute Gasteiger partial charge is 0.494 e. The van der Waals surface area contributed by atoms with E-state index in [1.54, 1.807) is 53.4 Å². The predicted octanol–water partition coefficient (Wildman–Crippen LogP) is 4.24. The lowest BCUT2D eigenvalue weighted by molar-refractivity contribution is -0.140. The number of amides is 3. The predicted molar refractivity (Wildman–Crippen MR) is 120 cm³/mol. The van der Waals surface area contributed by atoms with E-state index in [1.807, 2.05) is 20.8 Å². The van der Waals surface area contributed by atoms with Crippen LogP contribution in [-0.2, 0) is 20.8 Å².